The first-order valence-corrected chi connectivity index (χ1v) is 7.16. The minimum absolute atomic E-state index is 0.0691. The quantitative estimate of drug-likeness (QED) is 0.689. The maximum absolute atomic E-state index is 12.6. The van der Waals surface area contributed by atoms with Gasteiger partial charge in [-0.2, -0.15) is 0 Å². The van der Waals surface area contributed by atoms with Crippen LogP contribution < -0.4 is 5.32 Å². The second-order valence-electron chi connectivity index (χ2n) is 4.99. The number of amides is 3. The Morgan fingerprint density at radius 3 is 2.77 bits per heavy atom. The fourth-order valence-electron chi connectivity index (χ4n) is 2.29. The van der Waals surface area contributed by atoms with E-state index in [1.165, 1.54) is 12.3 Å². The second kappa shape index (κ2) is 5.30. The molecule has 3 heterocycles. The van der Waals surface area contributed by atoms with Gasteiger partial charge in [-0.1, -0.05) is 23.2 Å². The molecule has 0 radical (unpaired) electrons. The minimum Gasteiger partial charge on any atom is -0.466 e. The maximum Gasteiger partial charge on any atom is 0.325 e. The number of imide groups is 1. The number of furan rings is 1. The van der Waals surface area contributed by atoms with Gasteiger partial charge in [0.1, 0.15) is 10.9 Å². The van der Waals surface area contributed by atoms with Gasteiger partial charge in [-0.15, -0.1) is 0 Å². The molecule has 22 heavy (non-hydrogen) atoms. The van der Waals surface area contributed by atoms with E-state index in [9.17, 15) is 9.59 Å². The van der Waals surface area contributed by atoms with Crippen LogP contribution in [0.25, 0.3) is 0 Å². The predicted molar refractivity (Wildman–Crippen MR) is 79.4 cm³/mol. The average molecular weight is 340 g/mol. The zero-order valence-electron chi connectivity index (χ0n) is 11.5. The lowest BCUT2D eigenvalue weighted by molar-refractivity contribution is -0.132. The van der Waals surface area contributed by atoms with Gasteiger partial charge in [0.2, 0.25) is 0 Å². The Labute approximate surface area is 136 Å². The van der Waals surface area contributed by atoms with E-state index in [1.54, 1.807) is 25.1 Å². The first-order valence-electron chi connectivity index (χ1n) is 6.41. The van der Waals surface area contributed by atoms with Crippen molar-refractivity contribution < 1.29 is 14.0 Å². The number of hydrogen-bond donors (Lipinski definition) is 1. The Morgan fingerprint density at radius 2 is 2.09 bits per heavy atom. The topological polar surface area (TPSA) is 75.4 Å². The summed E-state index contributed by atoms with van der Waals surface area (Å²) in [5, 5.41) is 3.19. The first-order chi connectivity index (χ1) is 10.4. The highest BCUT2D eigenvalue weighted by Gasteiger charge is 2.51. The fraction of sp³-hybridized carbons (Fsp3) is 0.214. The normalized spacial score (nSPS) is 21.3. The van der Waals surface area contributed by atoms with Crippen molar-refractivity contribution in [3.05, 3.63) is 52.2 Å². The van der Waals surface area contributed by atoms with Crippen molar-refractivity contribution in [2.45, 2.75) is 19.0 Å². The molecule has 2 aromatic rings. The summed E-state index contributed by atoms with van der Waals surface area (Å²) in [5.74, 6) is -0.0798. The Morgan fingerprint density at radius 1 is 1.32 bits per heavy atom. The molecule has 1 N–H and O–H groups in total. The molecule has 0 saturated carbocycles. The molecule has 1 unspecified atom stereocenters. The molecular weight excluding hydrogens is 329 g/mol. The lowest BCUT2D eigenvalue weighted by Gasteiger charge is -2.19. The Bertz CT molecular complexity index is 748. The van der Waals surface area contributed by atoms with Crippen LogP contribution in [0.15, 0.2) is 34.9 Å². The maximum atomic E-state index is 12.6. The van der Waals surface area contributed by atoms with Gasteiger partial charge in [-0.3, -0.25) is 9.69 Å². The van der Waals surface area contributed by atoms with Crippen molar-refractivity contribution in [1.82, 2.24) is 15.2 Å². The second-order valence-corrected chi connectivity index (χ2v) is 5.78. The number of aromatic nitrogens is 1. The highest BCUT2D eigenvalue weighted by atomic mass is 35.5. The molecule has 0 aromatic carbocycles. The van der Waals surface area contributed by atoms with Crippen LogP contribution in [0.5, 0.6) is 0 Å². The van der Waals surface area contributed by atoms with Crippen LogP contribution in [0.2, 0.25) is 10.2 Å². The monoisotopic (exact) mass is 339 g/mol. The lowest BCUT2D eigenvalue weighted by Crippen LogP contribution is -2.40. The van der Waals surface area contributed by atoms with E-state index in [0.29, 0.717) is 16.5 Å². The van der Waals surface area contributed by atoms with Gasteiger partial charge in [0, 0.05) is 0 Å². The third-order valence-corrected chi connectivity index (χ3v) is 4.04. The molecule has 1 atom stereocenters. The van der Waals surface area contributed by atoms with Crippen LogP contribution in [0.1, 0.15) is 18.4 Å². The predicted octanol–water partition coefficient (Wildman–Crippen LogP) is 2.95. The summed E-state index contributed by atoms with van der Waals surface area (Å²) in [5.41, 5.74) is -0.896. The molecule has 0 spiro atoms. The first kappa shape index (κ1) is 14.9. The van der Waals surface area contributed by atoms with Crippen LogP contribution in [0.4, 0.5) is 4.79 Å². The Kier molecular flexibility index (Phi) is 3.58. The summed E-state index contributed by atoms with van der Waals surface area (Å²) in [6, 6.07) is 5.84. The van der Waals surface area contributed by atoms with Crippen LogP contribution in [-0.2, 0) is 16.9 Å². The minimum atomic E-state index is -1.24. The molecular formula is C14H11Cl2N3O3. The van der Waals surface area contributed by atoms with Gasteiger partial charge in [0.05, 0.1) is 23.5 Å². The molecule has 0 aliphatic carbocycles. The molecule has 3 rings (SSSR count). The van der Waals surface area contributed by atoms with Gasteiger partial charge >= 0.3 is 6.03 Å². The number of nitrogens with one attached hydrogen (secondary N) is 1. The van der Waals surface area contributed by atoms with Crippen molar-refractivity contribution in [3.63, 3.8) is 0 Å². The number of carbonyl (C=O) groups is 2. The standard InChI is InChI=1S/C14H11Cl2N3O3/c1-14(10-3-2-6-22-10)12(20)19(13(21)18-14)7-9-8(15)4-5-11(16)17-9/h2-6H,7H2,1H3,(H,18,21). The van der Waals surface area contributed by atoms with Crippen molar-refractivity contribution in [2.24, 2.45) is 0 Å². The summed E-state index contributed by atoms with van der Waals surface area (Å²) < 4.78 is 5.26. The smallest absolute Gasteiger partial charge is 0.325 e. The molecule has 2 aromatic heterocycles. The number of halogens is 2. The molecule has 1 saturated heterocycles. The lowest BCUT2D eigenvalue weighted by atomic mass is 9.99. The molecule has 114 valence electrons. The van der Waals surface area contributed by atoms with E-state index >= 15 is 0 Å². The number of nitrogens with zero attached hydrogens (tertiary/aromatic N) is 2. The number of rotatable bonds is 3. The van der Waals surface area contributed by atoms with E-state index in [2.05, 4.69) is 10.3 Å². The summed E-state index contributed by atoms with van der Waals surface area (Å²) in [6.07, 6.45) is 1.44. The Hall–Kier alpha value is -2.05. The number of pyridine rings is 1. The van der Waals surface area contributed by atoms with Crippen LogP contribution in [-0.4, -0.2) is 21.8 Å². The zero-order valence-corrected chi connectivity index (χ0v) is 13.0. The van der Waals surface area contributed by atoms with Crippen molar-refractivity contribution in [2.75, 3.05) is 0 Å². The van der Waals surface area contributed by atoms with Gasteiger partial charge in [-0.25, -0.2) is 9.78 Å². The summed E-state index contributed by atoms with van der Waals surface area (Å²) >= 11 is 11.9. The molecule has 1 aliphatic heterocycles. The van der Waals surface area contributed by atoms with Crippen LogP contribution in [0.3, 0.4) is 0 Å². The number of carbonyl (C=O) groups excluding carboxylic acids is 2. The molecule has 3 amide bonds. The fourth-order valence-corrected chi connectivity index (χ4v) is 2.62. The van der Waals surface area contributed by atoms with Crippen LogP contribution >= 0.6 is 23.2 Å². The molecule has 1 fully saturated rings. The summed E-state index contributed by atoms with van der Waals surface area (Å²) in [7, 11) is 0. The van der Waals surface area contributed by atoms with E-state index < -0.39 is 17.5 Å². The van der Waals surface area contributed by atoms with Crippen molar-refractivity contribution in [3.8, 4) is 0 Å². The Balaban J connectivity index is 1.91. The third kappa shape index (κ3) is 2.34. The number of urea groups is 1. The van der Waals surface area contributed by atoms with Crippen LogP contribution in [0, 0.1) is 0 Å². The van der Waals surface area contributed by atoms with Gasteiger partial charge in [0.15, 0.2) is 5.54 Å². The van der Waals surface area contributed by atoms with Crippen molar-refractivity contribution >= 4 is 35.1 Å². The SMILES string of the molecule is CC1(c2ccco2)NC(=O)N(Cc2nc(Cl)ccc2Cl)C1=O. The van der Waals surface area contributed by atoms with E-state index in [0.717, 1.165) is 4.90 Å². The number of hydrogen-bond acceptors (Lipinski definition) is 4. The van der Waals surface area contributed by atoms with E-state index in [-0.39, 0.29) is 11.7 Å². The van der Waals surface area contributed by atoms with E-state index in [1.807, 2.05) is 0 Å². The van der Waals surface area contributed by atoms with E-state index in [4.69, 9.17) is 27.6 Å². The molecule has 1 aliphatic rings. The molecule has 0 bridgehead atoms. The van der Waals surface area contributed by atoms with Gasteiger partial charge in [0.25, 0.3) is 5.91 Å². The van der Waals surface area contributed by atoms with Crippen molar-refractivity contribution in [1.29, 1.82) is 0 Å². The highest BCUT2D eigenvalue weighted by molar-refractivity contribution is 6.32. The highest BCUT2D eigenvalue weighted by Crippen LogP contribution is 2.30. The summed E-state index contributed by atoms with van der Waals surface area (Å²) in [6.45, 7) is 1.51. The summed E-state index contributed by atoms with van der Waals surface area (Å²) in [4.78, 5) is 29.8. The zero-order chi connectivity index (χ0) is 15.9. The molecule has 8 heteroatoms. The van der Waals surface area contributed by atoms with Gasteiger partial charge < -0.3 is 9.73 Å². The largest absolute Gasteiger partial charge is 0.466 e. The van der Waals surface area contributed by atoms with Gasteiger partial charge in [-0.05, 0) is 31.2 Å². The average Bonchev–Trinajstić information content (AvgIpc) is 3.07. The molecule has 6 nitrogen and oxygen atoms in total. The third-order valence-electron chi connectivity index (χ3n) is 3.48.